The van der Waals surface area contributed by atoms with E-state index < -0.39 is 0 Å². The van der Waals surface area contributed by atoms with Gasteiger partial charge >= 0.3 is 0 Å². The lowest BCUT2D eigenvalue weighted by molar-refractivity contribution is 0.0161. The van der Waals surface area contributed by atoms with Crippen LogP contribution in [0.5, 0.6) is 0 Å². The van der Waals surface area contributed by atoms with E-state index in [1.807, 2.05) is 61.3 Å². The number of pyridine rings is 1. The average molecular weight is 513 g/mol. The topological polar surface area (TPSA) is 129 Å². The number of benzene rings is 1. The van der Waals surface area contributed by atoms with Crippen LogP contribution in [0.1, 0.15) is 27.4 Å². The molecule has 38 heavy (non-hydrogen) atoms. The molecule has 12 nitrogen and oxygen atoms in total. The van der Waals surface area contributed by atoms with Gasteiger partial charge in [0.1, 0.15) is 0 Å². The number of rotatable bonds is 6. The zero-order valence-corrected chi connectivity index (χ0v) is 21.4. The van der Waals surface area contributed by atoms with Crippen molar-refractivity contribution in [2.75, 3.05) is 25.0 Å². The van der Waals surface area contributed by atoms with Gasteiger partial charge in [0.2, 0.25) is 0 Å². The van der Waals surface area contributed by atoms with Gasteiger partial charge in [0.15, 0.2) is 5.82 Å². The number of fused-ring (bicyclic) bond motifs is 1. The van der Waals surface area contributed by atoms with Gasteiger partial charge in [-0.1, -0.05) is 6.07 Å². The molecule has 1 saturated heterocycles. The van der Waals surface area contributed by atoms with Crippen molar-refractivity contribution < 1.29 is 9.53 Å². The van der Waals surface area contributed by atoms with E-state index in [0.717, 1.165) is 35.5 Å². The summed E-state index contributed by atoms with van der Waals surface area (Å²) in [5.41, 5.74) is 6.33. The molecule has 0 unspecified atom stereocenters. The van der Waals surface area contributed by atoms with Crippen LogP contribution in [0, 0.1) is 20.8 Å². The normalized spacial score (nSPS) is 15.7. The van der Waals surface area contributed by atoms with E-state index in [0.29, 0.717) is 41.4 Å². The van der Waals surface area contributed by atoms with Gasteiger partial charge in [-0.2, -0.15) is 10.2 Å². The molecule has 1 aromatic carbocycles. The first kappa shape index (κ1) is 23.9. The fraction of sp³-hybridized carbons (Fsp3) is 0.308. The molecule has 194 valence electrons. The highest BCUT2D eigenvalue weighted by molar-refractivity contribution is 6.09. The molecule has 6 rings (SSSR count). The summed E-state index contributed by atoms with van der Waals surface area (Å²) in [4.78, 5) is 14.8. The molecule has 1 amide bonds. The van der Waals surface area contributed by atoms with Gasteiger partial charge in [-0.05, 0) is 61.4 Å². The van der Waals surface area contributed by atoms with Crippen LogP contribution in [0.2, 0.25) is 0 Å². The van der Waals surface area contributed by atoms with Crippen LogP contribution < -0.4 is 10.6 Å². The fourth-order valence-corrected chi connectivity index (χ4v) is 4.62. The number of carbonyl (C=O) groups is 1. The Labute approximate surface area is 218 Å². The van der Waals surface area contributed by atoms with Crippen LogP contribution in [-0.2, 0) is 11.3 Å². The molecule has 0 bridgehead atoms. The maximum Gasteiger partial charge on any atom is 0.259 e. The number of aryl methyl sites for hydroxylation is 3. The van der Waals surface area contributed by atoms with Gasteiger partial charge < -0.3 is 15.4 Å². The molecule has 5 aromatic rings. The largest absolute Gasteiger partial charge is 0.374 e. The summed E-state index contributed by atoms with van der Waals surface area (Å²) in [6, 6.07) is 9.57. The number of aromatic nitrogens is 8. The Balaban J connectivity index is 1.27. The minimum atomic E-state index is -0.255. The Hall–Kier alpha value is -4.42. The Morgan fingerprint density at radius 3 is 2.87 bits per heavy atom. The van der Waals surface area contributed by atoms with Crippen LogP contribution in [-0.4, -0.2) is 71.3 Å². The number of nitrogens with one attached hydrogen (secondary N) is 2. The van der Waals surface area contributed by atoms with Crippen LogP contribution >= 0.6 is 0 Å². The van der Waals surface area contributed by atoms with Crippen LogP contribution in [0.25, 0.3) is 22.3 Å². The molecule has 0 spiro atoms. The third-order valence-corrected chi connectivity index (χ3v) is 6.63. The highest BCUT2D eigenvalue weighted by atomic mass is 16.5. The summed E-state index contributed by atoms with van der Waals surface area (Å²) in [6.07, 6.45) is 5.57. The molecule has 1 fully saturated rings. The molecular weight excluding hydrogens is 484 g/mol. The lowest BCUT2D eigenvalue weighted by Gasteiger charge is -2.23. The van der Waals surface area contributed by atoms with Gasteiger partial charge in [-0.25, -0.2) is 4.52 Å². The molecule has 0 saturated carbocycles. The first-order valence-corrected chi connectivity index (χ1v) is 12.5. The number of anilines is 1. The van der Waals surface area contributed by atoms with Crippen molar-refractivity contribution in [3.05, 3.63) is 71.6 Å². The first-order chi connectivity index (χ1) is 18.4. The zero-order valence-electron chi connectivity index (χ0n) is 21.4. The first-order valence-electron chi connectivity index (χ1n) is 12.5. The Morgan fingerprint density at radius 2 is 2.08 bits per heavy atom. The minimum absolute atomic E-state index is 0.0924. The SMILES string of the molecule is Cc1nnn(-c2ccc(C)c(NC(=O)c3cnn4ccc(-c5cn(C[C@H]6CNCCO6)nc5C)cc34)c2)n1. The van der Waals surface area contributed by atoms with E-state index in [1.165, 1.54) is 4.80 Å². The molecule has 1 atom stereocenters. The number of hydrogen-bond acceptors (Lipinski definition) is 8. The molecule has 2 N–H and O–H groups in total. The van der Waals surface area contributed by atoms with Crippen molar-refractivity contribution in [1.82, 2.24) is 44.9 Å². The zero-order chi connectivity index (χ0) is 26.2. The van der Waals surface area contributed by atoms with Crippen molar-refractivity contribution in [3.63, 3.8) is 0 Å². The second kappa shape index (κ2) is 9.80. The third kappa shape index (κ3) is 4.66. The van der Waals surface area contributed by atoms with E-state index in [9.17, 15) is 4.79 Å². The highest BCUT2D eigenvalue weighted by Gasteiger charge is 2.18. The van der Waals surface area contributed by atoms with Crippen LogP contribution in [0.3, 0.4) is 0 Å². The number of tetrazole rings is 1. The molecule has 4 aromatic heterocycles. The number of amides is 1. The molecule has 1 aliphatic heterocycles. The summed E-state index contributed by atoms with van der Waals surface area (Å²) >= 11 is 0. The van der Waals surface area contributed by atoms with Crippen LogP contribution in [0.15, 0.2) is 48.9 Å². The predicted molar refractivity (Wildman–Crippen MR) is 140 cm³/mol. The van der Waals surface area contributed by atoms with Gasteiger partial charge in [0.05, 0.1) is 47.9 Å². The number of ether oxygens (including phenoxy) is 1. The van der Waals surface area contributed by atoms with Crippen molar-refractivity contribution in [2.24, 2.45) is 0 Å². The van der Waals surface area contributed by atoms with Gasteiger partial charge in [-0.3, -0.25) is 9.48 Å². The number of nitrogens with zero attached hydrogens (tertiary/aromatic N) is 8. The van der Waals surface area contributed by atoms with Crippen LogP contribution in [0.4, 0.5) is 5.69 Å². The van der Waals surface area contributed by atoms with Gasteiger partial charge in [0.25, 0.3) is 5.91 Å². The molecule has 5 heterocycles. The lowest BCUT2D eigenvalue weighted by atomic mass is 10.1. The van der Waals surface area contributed by atoms with Crippen molar-refractivity contribution >= 4 is 17.1 Å². The number of hydrogen-bond donors (Lipinski definition) is 2. The van der Waals surface area contributed by atoms with Gasteiger partial charge in [-0.15, -0.1) is 15.0 Å². The number of carbonyl (C=O) groups excluding carboxylic acids is 1. The van der Waals surface area contributed by atoms with E-state index in [-0.39, 0.29) is 12.0 Å². The van der Waals surface area contributed by atoms with Gasteiger partial charge in [0, 0.05) is 36.7 Å². The van der Waals surface area contributed by atoms with Crippen molar-refractivity contribution in [3.8, 4) is 16.8 Å². The molecule has 0 aliphatic carbocycles. The summed E-state index contributed by atoms with van der Waals surface area (Å²) in [7, 11) is 0. The highest BCUT2D eigenvalue weighted by Crippen LogP contribution is 2.26. The van der Waals surface area contributed by atoms with Crippen molar-refractivity contribution in [1.29, 1.82) is 0 Å². The van der Waals surface area contributed by atoms with E-state index in [1.54, 1.807) is 17.6 Å². The van der Waals surface area contributed by atoms with E-state index in [2.05, 4.69) is 31.1 Å². The monoisotopic (exact) mass is 512 g/mol. The second-order valence-electron chi connectivity index (χ2n) is 9.43. The summed E-state index contributed by atoms with van der Waals surface area (Å²) < 4.78 is 9.45. The predicted octanol–water partition coefficient (Wildman–Crippen LogP) is 2.34. The maximum atomic E-state index is 13.4. The third-order valence-electron chi connectivity index (χ3n) is 6.63. The molecule has 0 radical (unpaired) electrons. The number of morpholine rings is 1. The quantitative estimate of drug-likeness (QED) is 0.355. The van der Waals surface area contributed by atoms with E-state index >= 15 is 0 Å². The Kier molecular flexibility index (Phi) is 6.18. The molecular formula is C26H28N10O2. The smallest absolute Gasteiger partial charge is 0.259 e. The summed E-state index contributed by atoms with van der Waals surface area (Å²) in [6.45, 7) is 8.77. The standard InChI is InChI=1S/C26H28N10O2/c1-16-4-5-20(36-32-18(3)30-33-36)11-24(16)29-26(37)22-13-28-35-8-6-19(10-25(22)35)23-15-34(31-17(23)2)14-21-12-27-7-9-38-21/h4-6,8,10-11,13,15,21,27H,7,9,12,14H2,1-3H3,(H,29,37)/t21-/m1/s1. The average Bonchev–Trinajstić information content (AvgIpc) is 3.63. The molecule has 1 aliphatic rings. The lowest BCUT2D eigenvalue weighted by Crippen LogP contribution is -2.40. The minimum Gasteiger partial charge on any atom is -0.374 e. The second-order valence-corrected chi connectivity index (χ2v) is 9.43. The van der Waals surface area contributed by atoms with Crippen molar-refractivity contribution in [2.45, 2.75) is 33.4 Å². The van der Waals surface area contributed by atoms with E-state index in [4.69, 9.17) is 9.84 Å². The Bertz CT molecular complexity index is 1630. The summed E-state index contributed by atoms with van der Waals surface area (Å²) in [5, 5.41) is 27.7. The maximum absolute atomic E-state index is 13.4. The Morgan fingerprint density at radius 1 is 1.18 bits per heavy atom. The molecule has 12 heteroatoms. The fourth-order valence-electron chi connectivity index (χ4n) is 4.62. The summed E-state index contributed by atoms with van der Waals surface area (Å²) in [5.74, 6) is 0.313.